The third-order valence-electron chi connectivity index (χ3n) is 10.2. The first-order valence-corrected chi connectivity index (χ1v) is 11.7. The lowest BCUT2D eigenvalue weighted by molar-refractivity contribution is -0.129. The van der Waals surface area contributed by atoms with Gasteiger partial charge in [0.2, 0.25) is 0 Å². The Morgan fingerprint density at radius 3 is 2.38 bits per heavy atom. The second kappa shape index (κ2) is 6.36. The van der Waals surface area contributed by atoms with Crippen LogP contribution in [0.2, 0.25) is 0 Å². The molecule has 148 valence electrons. The molecule has 8 atom stereocenters. The molecule has 8 unspecified atom stereocenters. The van der Waals surface area contributed by atoms with Crippen LogP contribution in [-0.4, -0.2) is 5.54 Å². The van der Waals surface area contributed by atoms with Crippen molar-refractivity contribution in [3.8, 4) is 0 Å². The predicted molar refractivity (Wildman–Crippen MR) is 112 cm³/mol. The molecule has 1 nitrogen and oxygen atoms in total. The van der Waals surface area contributed by atoms with E-state index in [0.717, 1.165) is 29.6 Å². The molecular formula is C25H43N. The van der Waals surface area contributed by atoms with Gasteiger partial charge in [0, 0.05) is 5.54 Å². The van der Waals surface area contributed by atoms with Gasteiger partial charge in [-0.15, -0.1) is 0 Å². The maximum absolute atomic E-state index is 7.47. The SMILES string of the molecule is C=C(CCC)C1CCC2C1(C)CCC1C3(C)CCC(C)CC3CCC12N. The molecule has 0 spiro atoms. The lowest BCUT2D eigenvalue weighted by atomic mass is 9.41. The van der Waals surface area contributed by atoms with Crippen molar-refractivity contribution >= 4 is 0 Å². The zero-order chi connectivity index (χ0) is 18.7. The minimum absolute atomic E-state index is 0.0973. The normalized spacial score (nSPS) is 53.5. The van der Waals surface area contributed by atoms with E-state index in [2.05, 4.69) is 34.3 Å². The molecule has 0 bridgehead atoms. The molecule has 4 aliphatic rings. The minimum atomic E-state index is 0.0973. The average Bonchev–Trinajstić information content (AvgIpc) is 2.94. The summed E-state index contributed by atoms with van der Waals surface area (Å²) in [5.74, 6) is 4.08. The van der Waals surface area contributed by atoms with Gasteiger partial charge in [-0.05, 0) is 98.2 Å². The molecule has 0 aliphatic heterocycles. The van der Waals surface area contributed by atoms with Gasteiger partial charge in [-0.1, -0.05) is 52.7 Å². The first kappa shape index (κ1) is 19.0. The van der Waals surface area contributed by atoms with Crippen LogP contribution in [0.5, 0.6) is 0 Å². The van der Waals surface area contributed by atoms with Crippen molar-refractivity contribution in [3.05, 3.63) is 12.2 Å². The van der Waals surface area contributed by atoms with Crippen LogP contribution in [0.25, 0.3) is 0 Å². The Balaban J connectivity index is 1.63. The summed E-state index contributed by atoms with van der Waals surface area (Å²) in [6, 6.07) is 0. The minimum Gasteiger partial charge on any atom is -0.325 e. The van der Waals surface area contributed by atoms with E-state index < -0.39 is 0 Å². The lowest BCUT2D eigenvalue weighted by Crippen LogP contribution is -2.68. The van der Waals surface area contributed by atoms with Crippen LogP contribution in [-0.2, 0) is 0 Å². The summed E-state index contributed by atoms with van der Waals surface area (Å²) in [5, 5.41) is 0. The van der Waals surface area contributed by atoms with Crippen molar-refractivity contribution in [1.82, 2.24) is 0 Å². The number of hydrogen-bond acceptors (Lipinski definition) is 1. The van der Waals surface area contributed by atoms with Crippen molar-refractivity contribution in [2.45, 2.75) is 104 Å². The van der Waals surface area contributed by atoms with E-state index in [4.69, 9.17) is 5.73 Å². The molecule has 0 aromatic heterocycles. The highest BCUT2D eigenvalue weighted by Crippen LogP contribution is 2.69. The van der Waals surface area contributed by atoms with E-state index in [-0.39, 0.29) is 5.54 Å². The second-order valence-corrected chi connectivity index (χ2v) is 11.4. The summed E-state index contributed by atoms with van der Waals surface area (Å²) in [6.07, 6.45) is 14.9. The van der Waals surface area contributed by atoms with Gasteiger partial charge in [-0.25, -0.2) is 0 Å². The Kier molecular flexibility index (Phi) is 4.66. The van der Waals surface area contributed by atoms with Gasteiger partial charge in [0.1, 0.15) is 0 Å². The standard InChI is InChI=1S/C25H43N/c1-6-7-18(3)20-8-9-21-24(20,5)14-12-22-23(4)13-10-17(2)16-19(23)11-15-25(21,22)26/h17,19-22H,3,6-16,26H2,1-2,4-5H3. The molecule has 2 N–H and O–H groups in total. The number of hydrogen-bond donors (Lipinski definition) is 1. The van der Waals surface area contributed by atoms with Gasteiger partial charge in [-0.2, -0.15) is 0 Å². The Hall–Kier alpha value is -0.300. The topological polar surface area (TPSA) is 26.0 Å². The zero-order valence-corrected chi connectivity index (χ0v) is 17.9. The maximum atomic E-state index is 7.47. The Morgan fingerprint density at radius 2 is 1.65 bits per heavy atom. The summed E-state index contributed by atoms with van der Waals surface area (Å²) in [7, 11) is 0. The molecule has 0 amide bonds. The number of rotatable bonds is 3. The fraction of sp³-hybridized carbons (Fsp3) is 0.920. The van der Waals surface area contributed by atoms with Gasteiger partial charge in [0.05, 0.1) is 0 Å². The van der Waals surface area contributed by atoms with Crippen molar-refractivity contribution in [3.63, 3.8) is 0 Å². The Morgan fingerprint density at radius 1 is 0.962 bits per heavy atom. The quantitative estimate of drug-likeness (QED) is 0.557. The smallest absolute Gasteiger partial charge is 0.0222 e. The van der Waals surface area contributed by atoms with E-state index in [0.29, 0.717) is 10.8 Å². The van der Waals surface area contributed by atoms with Gasteiger partial charge in [0.25, 0.3) is 0 Å². The van der Waals surface area contributed by atoms with E-state index in [1.807, 2.05) is 0 Å². The highest BCUT2D eigenvalue weighted by Gasteiger charge is 2.65. The lowest BCUT2D eigenvalue weighted by Gasteiger charge is -2.65. The van der Waals surface area contributed by atoms with Crippen LogP contribution < -0.4 is 5.73 Å². The average molecular weight is 358 g/mol. The van der Waals surface area contributed by atoms with E-state index in [1.165, 1.54) is 76.2 Å². The molecule has 4 aliphatic carbocycles. The first-order chi connectivity index (χ1) is 12.3. The molecule has 26 heavy (non-hydrogen) atoms. The van der Waals surface area contributed by atoms with Crippen molar-refractivity contribution in [2.75, 3.05) is 0 Å². The third kappa shape index (κ3) is 2.51. The molecule has 0 aromatic carbocycles. The second-order valence-electron chi connectivity index (χ2n) is 11.4. The third-order valence-corrected chi connectivity index (χ3v) is 10.2. The first-order valence-electron chi connectivity index (χ1n) is 11.7. The summed E-state index contributed by atoms with van der Waals surface area (Å²) in [4.78, 5) is 0. The largest absolute Gasteiger partial charge is 0.325 e. The van der Waals surface area contributed by atoms with E-state index in [9.17, 15) is 0 Å². The fourth-order valence-corrected chi connectivity index (χ4v) is 8.86. The summed E-state index contributed by atoms with van der Waals surface area (Å²) < 4.78 is 0. The number of fused-ring (bicyclic) bond motifs is 5. The summed E-state index contributed by atoms with van der Waals surface area (Å²) >= 11 is 0. The number of nitrogens with two attached hydrogens (primary N) is 1. The van der Waals surface area contributed by atoms with Crippen LogP contribution in [0.15, 0.2) is 12.2 Å². The van der Waals surface area contributed by atoms with Crippen LogP contribution in [0, 0.1) is 40.4 Å². The zero-order valence-electron chi connectivity index (χ0n) is 17.9. The summed E-state index contributed by atoms with van der Waals surface area (Å²) in [6.45, 7) is 14.5. The maximum Gasteiger partial charge on any atom is 0.0222 e. The highest BCUT2D eigenvalue weighted by atomic mass is 14.9. The van der Waals surface area contributed by atoms with Crippen molar-refractivity contribution in [2.24, 2.45) is 46.2 Å². The Bertz CT molecular complexity index is 567. The van der Waals surface area contributed by atoms with Gasteiger partial charge in [0.15, 0.2) is 0 Å². The molecule has 4 saturated carbocycles. The van der Waals surface area contributed by atoms with Gasteiger partial charge < -0.3 is 5.73 Å². The molecule has 0 radical (unpaired) electrons. The van der Waals surface area contributed by atoms with Gasteiger partial charge >= 0.3 is 0 Å². The summed E-state index contributed by atoms with van der Waals surface area (Å²) in [5.41, 5.74) is 10.0. The van der Waals surface area contributed by atoms with Crippen LogP contribution in [0.1, 0.15) is 98.3 Å². The van der Waals surface area contributed by atoms with Crippen LogP contribution >= 0.6 is 0 Å². The predicted octanol–water partition coefficient (Wildman–Crippen LogP) is 6.72. The molecule has 4 rings (SSSR count). The monoisotopic (exact) mass is 357 g/mol. The van der Waals surface area contributed by atoms with Crippen LogP contribution in [0.3, 0.4) is 0 Å². The molecule has 0 aromatic rings. The van der Waals surface area contributed by atoms with Crippen molar-refractivity contribution < 1.29 is 0 Å². The number of allylic oxidation sites excluding steroid dienone is 1. The van der Waals surface area contributed by atoms with Crippen LogP contribution in [0.4, 0.5) is 0 Å². The molecule has 1 heteroatoms. The molecule has 0 saturated heterocycles. The van der Waals surface area contributed by atoms with Crippen molar-refractivity contribution in [1.29, 1.82) is 0 Å². The molecular weight excluding hydrogens is 314 g/mol. The highest BCUT2D eigenvalue weighted by molar-refractivity contribution is 5.22. The molecule has 0 heterocycles. The van der Waals surface area contributed by atoms with Gasteiger partial charge in [-0.3, -0.25) is 0 Å². The fourth-order valence-electron chi connectivity index (χ4n) is 8.86. The van der Waals surface area contributed by atoms with E-state index in [1.54, 1.807) is 0 Å². The van der Waals surface area contributed by atoms with E-state index >= 15 is 0 Å². The Labute approximate surface area is 162 Å². The molecule has 4 fully saturated rings.